The molecule has 0 spiro atoms. The summed E-state index contributed by atoms with van der Waals surface area (Å²) in [7, 11) is 0. The maximum Gasteiger partial charge on any atom is 0.257 e. The predicted octanol–water partition coefficient (Wildman–Crippen LogP) is 3.45. The van der Waals surface area contributed by atoms with Crippen LogP contribution in [0.15, 0.2) is 40.9 Å². The number of para-hydroxylation sites is 2. The van der Waals surface area contributed by atoms with Gasteiger partial charge in [-0.3, -0.25) is 4.79 Å². The molecule has 2 aliphatic rings. The van der Waals surface area contributed by atoms with Crippen molar-refractivity contribution in [3.63, 3.8) is 0 Å². The molecule has 0 aliphatic carbocycles. The number of hydrogen-bond acceptors (Lipinski definition) is 5. The number of halogens is 1. The second-order valence-electron chi connectivity index (χ2n) is 6.79. The van der Waals surface area contributed by atoms with E-state index in [1.807, 2.05) is 42.5 Å². The number of fused-ring (bicyclic) bond motifs is 2. The lowest BCUT2D eigenvalue weighted by Gasteiger charge is -2.27. The number of carbonyl (C=O) groups excluding carboxylic acids is 1. The highest BCUT2D eigenvalue weighted by molar-refractivity contribution is 9.10. The highest BCUT2D eigenvalue weighted by Gasteiger charge is 2.25. The Balaban J connectivity index is 1.61. The van der Waals surface area contributed by atoms with Crippen LogP contribution in [0.4, 0.5) is 0 Å². The van der Waals surface area contributed by atoms with Gasteiger partial charge in [-0.2, -0.15) is 0 Å². The van der Waals surface area contributed by atoms with Crippen molar-refractivity contribution in [3.8, 4) is 11.5 Å². The zero-order valence-corrected chi connectivity index (χ0v) is 17.1. The third-order valence-electron chi connectivity index (χ3n) is 4.96. The van der Waals surface area contributed by atoms with E-state index in [4.69, 9.17) is 14.2 Å². The van der Waals surface area contributed by atoms with Gasteiger partial charge in [0.25, 0.3) is 5.91 Å². The smallest absolute Gasteiger partial charge is 0.257 e. The number of imidazole rings is 1. The van der Waals surface area contributed by atoms with Gasteiger partial charge in [-0.15, -0.1) is 0 Å². The molecule has 1 amide bonds. The van der Waals surface area contributed by atoms with E-state index in [1.165, 1.54) is 0 Å². The summed E-state index contributed by atoms with van der Waals surface area (Å²) in [6, 6.07) is 11.4. The molecule has 8 heteroatoms. The molecule has 1 saturated heterocycles. The number of ether oxygens (including phenoxy) is 3. The molecular formula is C21H18BrN3O4. The van der Waals surface area contributed by atoms with Crippen LogP contribution in [0.1, 0.15) is 11.4 Å². The SMILES string of the molecule is O=C(/C(=C/c1cc2c(cc1Br)OCO2)c1nc2ccccc2[nH]1)N1CCOCC1. The number of nitrogens with zero attached hydrogens (tertiary/aromatic N) is 2. The lowest BCUT2D eigenvalue weighted by atomic mass is 10.1. The van der Waals surface area contributed by atoms with E-state index in [-0.39, 0.29) is 12.7 Å². The van der Waals surface area contributed by atoms with Gasteiger partial charge in [0.05, 0.1) is 29.8 Å². The van der Waals surface area contributed by atoms with Gasteiger partial charge in [0.2, 0.25) is 6.79 Å². The fraction of sp³-hybridized carbons (Fsp3) is 0.238. The second kappa shape index (κ2) is 7.53. The molecule has 0 atom stereocenters. The zero-order valence-electron chi connectivity index (χ0n) is 15.5. The fourth-order valence-corrected chi connectivity index (χ4v) is 3.88. The summed E-state index contributed by atoms with van der Waals surface area (Å²) in [5, 5.41) is 0. The lowest BCUT2D eigenvalue weighted by Crippen LogP contribution is -2.41. The van der Waals surface area contributed by atoms with Crippen LogP contribution < -0.4 is 9.47 Å². The number of benzene rings is 2. The van der Waals surface area contributed by atoms with Crippen molar-refractivity contribution in [2.75, 3.05) is 33.1 Å². The normalized spacial score (nSPS) is 16.4. The number of rotatable bonds is 3. The summed E-state index contributed by atoms with van der Waals surface area (Å²) < 4.78 is 17.1. The Morgan fingerprint density at radius 3 is 2.69 bits per heavy atom. The standard InChI is InChI=1S/C21H18BrN3O4/c22-15-11-19-18(28-12-29-19)10-13(15)9-14(21(26)25-5-7-27-8-6-25)20-23-16-3-1-2-4-17(16)24-20/h1-4,9-11H,5-8,12H2,(H,23,24)/b14-9+. The van der Waals surface area contributed by atoms with E-state index in [0.29, 0.717) is 49.2 Å². The molecule has 2 aliphatic heterocycles. The van der Waals surface area contributed by atoms with Crippen LogP contribution in [0.25, 0.3) is 22.7 Å². The number of aromatic nitrogens is 2. The van der Waals surface area contributed by atoms with Crippen molar-refractivity contribution in [1.82, 2.24) is 14.9 Å². The maximum atomic E-state index is 13.4. The average Bonchev–Trinajstić information content (AvgIpc) is 3.38. The van der Waals surface area contributed by atoms with E-state index in [2.05, 4.69) is 25.9 Å². The van der Waals surface area contributed by atoms with Crippen molar-refractivity contribution < 1.29 is 19.0 Å². The predicted molar refractivity (Wildman–Crippen MR) is 112 cm³/mol. The molecule has 29 heavy (non-hydrogen) atoms. The Bertz CT molecular complexity index is 1090. The van der Waals surface area contributed by atoms with Gasteiger partial charge < -0.3 is 24.1 Å². The van der Waals surface area contributed by atoms with Crippen LogP contribution in [-0.2, 0) is 9.53 Å². The Kier molecular flexibility index (Phi) is 4.73. The van der Waals surface area contributed by atoms with Gasteiger partial charge in [0, 0.05) is 17.6 Å². The van der Waals surface area contributed by atoms with E-state index in [9.17, 15) is 4.79 Å². The van der Waals surface area contributed by atoms with E-state index < -0.39 is 0 Å². The van der Waals surface area contributed by atoms with Crippen molar-refractivity contribution in [2.45, 2.75) is 0 Å². The van der Waals surface area contributed by atoms with Crippen LogP contribution in [0.5, 0.6) is 11.5 Å². The van der Waals surface area contributed by atoms with Crippen LogP contribution in [-0.4, -0.2) is 53.9 Å². The Hall–Kier alpha value is -2.84. The van der Waals surface area contributed by atoms with Crippen molar-refractivity contribution in [2.24, 2.45) is 0 Å². The summed E-state index contributed by atoms with van der Waals surface area (Å²) in [5.41, 5.74) is 3.00. The first-order valence-electron chi connectivity index (χ1n) is 9.32. The molecule has 5 rings (SSSR count). The fourth-order valence-electron chi connectivity index (χ4n) is 3.45. The number of aromatic amines is 1. The monoisotopic (exact) mass is 455 g/mol. The molecular weight excluding hydrogens is 438 g/mol. The average molecular weight is 456 g/mol. The van der Waals surface area contributed by atoms with Gasteiger partial charge in [-0.25, -0.2) is 4.98 Å². The van der Waals surface area contributed by atoms with Crippen LogP contribution in [0, 0.1) is 0 Å². The molecule has 1 aromatic heterocycles. The third-order valence-corrected chi connectivity index (χ3v) is 5.65. The summed E-state index contributed by atoms with van der Waals surface area (Å²) in [5.74, 6) is 1.78. The molecule has 0 bridgehead atoms. The third kappa shape index (κ3) is 3.49. The largest absolute Gasteiger partial charge is 0.454 e. The minimum atomic E-state index is -0.0862. The summed E-state index contributed by atoms with van der Waals surface area (Å²) in [4.78, 5) is 23.1. The first-order chi connectivity index (χ1) is 14.2. The Morgan fingerprint density at radius 2 is 1.90 bits per heavy atom. The molecule has 1 N–H and O–H groups in total. The van der Waals surface area contributed by atoms with Gasteiger partial charge in [-0.1, -0.05) is 28.1 Å². The number of carbonyl (C=O) groups is 1. The Labute approximate surface area is 175 Å². The lowest BCUT2D eigenvalue weighted by molar-refractivity contribution is -0.128. The van der Waals surface area contributed by atoms with Crippen molar-refractivity contribution >= 4 is 44.5 Å². The highest BCUT2D eigenvalue weighted by atomic mass is 79.9. The Morgan fingerprint density at radius 1 is 1.14 bits per heavy atom. The molecule has 0 unspecified atom stereocenters. The van der Waals surface area contributed by atoms with Gasteiger partial charge in [0.15, 0.2) is 11.5 Å². The highest BCUT2D eigenvalue weighted by Crippen LogP contribution is 2.38. The molecule has 148 valence electrons. The molecule has 1 fully saturated rings. The van der Waals surface area contributed by atoms with E-state index in [1.54, 1.807) is 4.90 Å². The molecule has 3 aromatic rings. The minimum Gasteiger partial charge on any atom is -0.454 e. The molecule has 3 heterocycles. The quantitative estimate of drug-likeness (QED) is 0.612. The van der Waals surface area contributed by atoms with Crippen molar-refractivity contribution in [1.29, 1.82) is 0 Å². The van der Waals surface area contributed by atoms with Crippen LogP contribution >= 0.6 is 15.9 Å². The van der Waals surface area contributed by atoms with E-state index >= 15 is 0 Å². The number of hydrogen-bond donors (Lipinski definition) is 1. The van der Waals surface area contributed by atoms with Crippen molar-refractivity contribution in [3.05, 3.63) is 52.3 Å². The molecule has 7 nitrogen and oxygen atoms in total. The zero-order chi connectivity index (χ0) is 19.8. The summed E-state index contributed by atoms with van der Waals surface area (Å²) in [6.45, 7) is 2.37. The number of morpholine rings is 1. The summed E-state index contributed by atoms with van der Waals surface area (Å²) >= 11 is 3.58. The van der Waals surface area contributed by atoms with Gasteiger partial charge >= 0.3 is 0 Å². The van der Waals surface area contributed by atoms with Gasteiger partial charge in [0.1, 0.15) is 5.82 Å². The first kappa shape index (κ1) is 18.2. The topological polar surface area (TPSA) is 76.7 Å². The van der Waals surface area contributed by atoms with Gasteiger partial charge in [-0.05, 0) is 35.9 Å². The molecule has 0 radical (unpaired) electrons. The number of amides is 1. The minimum absolute atomic E-state index is 0.0862. The summed E-state index contributed by atoms with van der Waals surface area (Å²) in [6.07, 6.45) is 1.83. The number of H-pyrrole nitrogens is 1. The molecule has 0 saturated carbocycles. The first-order valence-corrected chi connectivity index (χ1v) is 10.1. The number of nitrogens with one attached hydrogen (secondary N) is 1. The second-order valence-corrected chi connectivity index (χ2v) is 7.65. The maximum absolute atomic E-state index is 13.4. The van der Waals surface area contributed by atoms with Crippen LogP contribution in [0.2, 0.25) is 0 Å². The van der Waals surface area contributed by atoms with E-state index in [0.717, 1.165) is 21.1 Å². The molecule has 2 aromatic carbocycles. The van der Waals surface area contributed by atoms with Crippen LogP contribution in [0.3, 0.4) is 0 Å².